The minimum absolute atomic E-state index is 0.0725. The quantitative estimate of drug-likeness (QED) is 0.441. The lowest BCUT2D eigenvalue weighted by Gasteiger charge is -2.08. The molecule has 0 amide bonds. The molecule has 2 nitrogen and oxygen atoms in total. The van der Waals surface area contributed by atoms with Gasteiger partial charge in [0.1, 0.15) is 5.82 Å². The van der Waals surface area contributed by atoms with E-state index < -0.39 is 29.1 Å². The van der Waals surface area contributed by atoms with Gasteiger partial charge in [-0.25, -0.2) is 9.18 Å². The highest BCUT2D eigenvalue weighted by Crippen LogP contribution is 2.32. The fourth-order valence-electron chi connectivity index (χ4n) is 1.15. The topological polar surface area (TPSA) is 26.3 Å². The van der Waals surface area contributed by atoms with Crippen LogP contribution in [0.3, 0.4) is 0 Å². The number of hydrogen-bond acceptors (Lipinski definition) is 2. The number of carbonyl (C=O) groups excluding carboxylic acids is 1. The monoisotopic (exact) mass is 260 g/mol. The highest BCUT2D eigenvalue weighted by atomic mass is 19.4. The summed E-state index contributed by atoms with van der Waals surface area (Å²) in [4.78, 5) is 10.9. The number of alkyl halides is 3. The third-order valence-corrected chi connectivity index (χ3v) is 1.86. The van der Waals surface area contributed by atoms with E-state index in [-0.39, 0.29) is 6.61 Å². The summed E-state index contributed by atoms with van der Waals surface area (Å²) < 4.78 is 54.9. The first kappa shape index (κ1) is 14.0. The lowest BCUT2D eigenvalue weighted by Crippen LogP contribution is -2.08. The summed E-state index contributed by atoms with van der Waals surface area (Å²) in [5.74, 6) is 1.96. The van der Waals surface area contributed by atoms with Crippen LogP contribution in [0.4, 0.5) is 17.6 Å². The van der Waals surface area contributed by atoms with Gasteiger partial charge in [-0.2, -0.15) is 13.2 Å². The van der Waals surface area contributed by atoms with Gasteiger partial charge in [0.05, 0.1) is 12.2 Å². The summed E-state index contributed by atoms with van der Waals surface area (Å²) in [6.07, 6.45) is -4.74. The molecule has 0 N–H and O–H groups in total. The fourth-order valence-corrected chi connectivity index (χ4v) is 1.15. The summed E-state index contributed by atoms with van der Waals surface area (Å²) in [6, 6.07) is 2.03. The molecule has 0 unspecified atom stereocenters. The van der Waals surface area contributed by atoms with E-state index >= 15 is 0 Å². The molecule has 0 aliphatic rings. The van der Waals surface area contributed by atoms with Gasteiger partial charge in [-0.1, -0.05) is 5.92 Å². The smallest absolute Gasteiger partial charge is 0.417 e. The maximum absolute atomic E-state index is 12.8. The van der Waals surface area contributed by atoms with Crippen LogP contribution in [-0.4, -0.2) is 12.6 Å². The van der Waals surface area contributed by atoms with E-state index in [9.17, 15) is 22.4 Å². The van der Waals surface area contributed by atoms with Crippen molar-refractivity contribution < 1.29 is 27.1 Å². The minimum atomic E-state index is -4.74. The Labute approximate surface area is 101 Å². The molecular weight excluding hydrogens is 252 g/mol. The minimum Gasteiger partial charge on any atom is -0.456 e. The molecule has 0 saturated carbocycles. The summed E-state index contributed by atoms with van der Waals surface area (Å²) in [6.45, 7) is 1.61. The average Bonchev–Trinajstić information content (AvgIpc) is 2.26. The zero-order valence-corrected chi connectivity index (χ0v) is 9.27. The fraction of sp³-hybridized carbons (Fsp3) is 0.250. The molecule has 0 bridgehead atoms. The van der Waals surface area contributed by atoms with Crippen molar-refractivity contribution in [2.75, 3.05) is 6.61 Å². The first-order chi connectivity index (χ1) is 8.34. The van der Waals surface area contributed by atoms with E-state index in [4.69, 9.17) is 0 Å². The van der Waals surface area contributed by atoms with Crippen LogP contribution >= 0.6 is 0 Å². The lowest BCUT2D eigenvalue weighted by molar-refractivity contribution is -0.138. The second-order valence-electron chi connectivity index (χ2n) is 3.16. The molecule has 96 valence electrons. The number of ether oxygens (including phenoxy) is 1. The molecule has 1 rings (SSSR count). The molecule has 0 radical (unpaired) electrons. The molecule has 0 saturated heterocycles. The van der Waals surface area contributed by atoms with E-state index in [0.717, 1.165) is 12.1 Å². The van der Waals surface area contributed by atoms with Crippen LogP contribution in [0.15, 0.2) is 18.2 Å². The van der Waals surface area contributed by atoms with E-state index in [1.54, 1.807) is 6.92 Å². The van der Waals surface area contributed by atoms with Crippen LogP contribution in [0.5, 0.6) is 0 Å². The first-order valence-electron chi connectivity index (χ1n) is 4.90. The second kappa shape index (κ2) is 5.54. The molecular formula is C12H8F4O2. The van der Waals surface area contributed by atoms with Gasteiger partial charge in [-0.3, -0.25) is 0 Å². The highest BCUT2D eigenvalue weighted by Gasteiger charge is 2.33. The SMILES string of the molecule is CCOC(=O)C#Cc1ccc(F)cc1C(F)(F)F. The summed E-state index contributed by atoms with van der Waals surface area (Å²) >= 11 is 0. The predicted molar refractivity (Wildman–Crippen MR) is 54.9 cm³/mol. The Kier molecular flexibility index (Phi) is 4.32. The summed E-state index contributed by atoms with van der Waals surface area (Å²) in [5.41, 5.74) is -1.70. The third-order valence-electron chi connectivity index (χ3n) is 1.86. The average molecular weight is 260 g/mol. The van der Waals surface area contributed by atoms with Gasteiger partial charge in [-0.05, 0) is 25.1 Å². The molecule has 0 fully saturated rings. The zero-order chi connectivity index (χ0) is 13.8. The van der Waals surface area contributed by atoms with Crippen molar-refractivity contribution in [1.29, 1.82) is 0 Å². The third kappa shape index (κ3) is 3.77. The number of hydrogen-bond donors (Lipinski definition) is 0. The Balaban J connectivity index is 3.13. The second-order valence-corrected chi connectivity index (χ2v) is 3.16. The molecule has 1 aromatic rings. The Hall–Kier alpha value is -2.03. The summed E-state index contributed by atoms with van der Waals surface area (Å²) in [5, 5.41) is 0. The molecule has 0 heterocycles. The van der Waals surface area contributed by atoms with Crippen molar-refractivity contribution in [3.8, 4) is 11.8 Å². The van der Waals surface area contributed by atoms with Gasteiger partial charge in [-0.15, -0.1) is 0 Å². The van der Waals surface area contributed by atoms with Crippen molar-refractivity contribution in [3.05, 3.63) is 35.1 Å². The van der Waals surface area contributed by atoms with Crippen molar-refractivity contribution in [2.24, 2.45) is 0 Å². The Morgan fingerprint density at radius 1 is 1.39 bits per heavy atom. The molecule has 1 aromatic carbocycles. The van der Waals surface area contributed by atoms with E-state index in [1.807, 2.05) is 11.8 Å². The number of carbonyl (C=O) groups is 1. The maximum atomic E-state index is 12.8. The van der Waals surface area contributed by atoms with Crippen LogP contribution in [0, 0.1) is 17.7 Å². The number of halogens is 4. The van der Waals surface area contributed by atoms with Crippen molar-refractivity contribution in [1.82, 2.24) is 0 Å². The van der Waals surface area contributed by atoms with Crippen LogP contribution in [0.25, 0.3) is 0 Å². The van der Waals surface area contributed by atoms with E-state index in [0.29, 0.717) is 6.07 Å². The van der Waals surface area contributed by atoms with Gasteiger partial charge in [0.25, 0.3) is 0 Å². The van der Waals surface area contributed by atoms with Crippen LogP contribution < -0.4 is 0 Å². The first-order valence-corrected chi connectivity index (χ1v) is 4.90. The number of esters is 1. The van der Waals surface area contributed by atoms with Gasteiger partial charge < -0.3 is 4.74 Å². The van der Waals surface area contributed by atoms with E-state index in [2.05, 4.69) is 4.74 Å². The van der Waals surface area contributed by atoms with Gasteiger partial charge >= 0.3 is 12.1 Å². The highest BCUT2D eigenvalue weighted by molar-refractivity contribution is 5.89. The summed E-state index contributed by atoms with van der Waals surface area (Å²) in [7, 11) is 0. The van der Waals surface area contributed by atoms with Crippen LogP contribution in [0.2, 0.25) is 0 Å². The van der Waals surface area contributed by atoms with Crippen molar-refractivity contribution >= 4 is 5.97 Å². The Morgan fingerprint density at radius 3 is 2.61 bits per heavy atom. The predicted octanol–water partition coefficient (Wildman–Crippen LogP) is 2.76. The maximum Gasteiger partial charge on any atom is 0.417 e. The largest absolute Gasteiger partial charge is 0.456 e. The number of rotatable bonds is 1. The van der Waals surface area contributed by atoms with Crippen LogP contribution in [0.1, 0.15) is 18.1 Å². The molecule has 0 spiro atoms. The van der Waals surface area contributed by atoms with Gasteiger partial charge in [0, 0.05) is 11.5 Å². The van der Waals surface area contributed by atoms with Crippen molar-refractivity contribution in [2.45, 2.75) is 13.1 Å². The molecule has 6 heteroatoms. The standard InChI is InChI=1S/C12H8F4O2/c1-2-18-11(17)6-4-8-3-5-9(13)7-10(8)12(14,15)16/h3,5,7H,2H2,1H3. The van der Waals surface area contributed by atoms with Crippen LogP contribution in [-0.2, 0) is 15.7 Å². The number of benzene rings is 1. The normalized spacial score (nSPS) is 10.5. The Bertz CT molecular complexity index is 509. The lowest BCUT2D eigenvalue weighted by atomic mass is 10.1. The molecule has 18 heavy (non-hydrogen) atoms. The molecule has 0 atom stereocenters. The molecule has 0 aromatic heterocycles. The van der Waals surface area contributed by atoms with Gasteiger partial charge in [0.2, 0.25) is 0 Å². The Morgan fingerprint density at radius 2 is 2.06 bits per heavy atom. The zero-order valence-electron chi connectivity index (χ0n) is 9.27. The van der Waals surface area contributed by atoms with Gasteiger partial charge in [0.15, 0.2) is 0 Å². The molecule has 0 aliphatic carbocycles. The van der Waals surface area contributed by atoms with Crippen molar-refractivity contribution in [3.63, 3.8) is 0 Å². The van der Waals surface area contributed by atoms with E-state index in [1.165, 1.54) is 0 Å². The molecule has 0 aliphatic heterocycles.